The molecule has 2 rings (SSSR count). The van der Waals surface area contributed by atoms with Gasteiger partial charge in [0.1, 0.15) is 0 Å². The van der Waals surface area contributed by atoms with Gasteiger partial charge in [-0.25, -0.2) is 13.6 Å². The van der Waals surface area contributed by atoms with Gasteiger partial charge in [-0.05, 0) is 37.1 Å². The molecule has 0 bridgehead atoms. The highest BCUT2D eigenvalue weighted by Gasteiger charge is 2.21. The summed E-state index contributed by atoms with van der Waals surface area (Å²) in [7, 11) is -3.85. The molecule has 0 radical (unpaired) electrons. The number of sulfonamides is 1. The van der Waals surface area contributed by atoms with Gasteiger partial charge >= 0.3 is 0 Å². The number of carbonyl (C=O) groups is 1. The number of benzene rings is 1. The minimum Gasteiger partial charge on any atom is -0.339 e. The number of hydrogen-bond donors (Lipinski definition) is 2. The van der Waals surface area contributed by atoms with E-state index in [2.05, 4.69) is 15.5 Å². The summed E-state index contributed by atoms with van der Waals surface area (Å²) >= 11 is 0. The summed E-state index contributed by atoms with van der Waals surface area (Å²) in [6.07, 6.45) is 0.422. The van der Waals surface area contributed by atoms with Crippen LogP contribution in [0.5, 0.6) is 0 Å². The third-order valence-electron chi connectivity index (χ3n) is 3.95. The SMILES string of the molecule is Cc1cc(S(N)(=O)=O)cc(NC(=O)CCc2nc(C(C)(C)C)no2)c1C. The number of nitrogens with zero attached hydrogens (tertiary/aromatic N) is 2. The second-order valence-electron chi connectivity index (χ2n) is 7.27. The minimum absolute atomic E-state index is 0.0392. The maximum atomic E-state index is 12.2. The molecular weight excluding hydrogens is 356 g/mol. The second-order valence-corrected chi connectivity index (χ2v) is 8.83. The first-order valence-corrected chi connectivity index (χ1v) is 9.69. The molecule has 9 heteroatoms. The first kappa shape index (κ1) is 20.1. The van der Waals surface area contributed by atoms with E-state index in [-0.39, 0.29) is 22.6 Å². The average Bonchev–Trinajstić information content (AvgIpc) is 2.97. The topological polar surface area (TPSA) is 128 Å². The van der Waals surface area contributed by atoms with E-state index in [4.69, 9.17) is 9.66 Å². The molecule has 0 aliphatic carbocycles. The zero-order chi connectivity index (χ0) is 19.7. The normalized spacial score (nSPS) is 12.2. The van der Waals surface area contributed by atoms with Gasteiger partial charge in [0.2, 0.25) is 21.8 Å². The Morgan fingerprint density at radius 3 is 2.46 bits per heavy atom. The van der Waals surface area contributed by atoms with Gasteiger partial charge < -0.3 is 9.84 Å². The second kappa shape index (κ2) is 7.16. The van der Waals surface area contributed by atoms with E-state index < -0.39 is 10.0 Å². The zero-order valence-corrected chi connectivity index (χ0v) is 16.4. The minimum atomic E-state index is -3.85. The lowest BCUT2D eigenvalue weighted by atomic mass is 9.96. The van der Waals surface area contributed by atoms with Gasteiger partial charge in [0.25, 0.3) is 0 Å². The van der Waals surface area contributed by atoms with Crippen molar-refractivity contribution in [2.24, 2.45) is 5.14 Å². The van der Waals surface area contributed by atoms with Crippen molar-refractivity contribution in [3.63, 3.8) is 0 Å². The molecule has 0 atom stereocenters. The number of rotatable bonds is 5. The van der Waals surface area contributed by atoms with E-state index in [0.29, 0.717) is 23.8 Å². The van der Waals surface area contributed by atoms with Crippen molar-refractivity contribution >= 4 is 21.6 Å². The number of primary sulfonamides is 1. The molecular formula is C17H24N4O4S. The molecule has 0 saturated carbocycles. The van der Waals surface area contributed by atoms with Crippen molar-refractivity contribution in [1.29, 1.82) is 0 Å². The molecule has 1 amide bonds. The summed E-state index contributed by atoms with van der Waals surface area (Å²) in [5, 5.41) is 11.8. The Morgan fingerprint density at radius 2 is 1.92 bits per heavy atom. The number of carbonyl (C=O) groups excluding carboxylic acids is 1. The molecule has 2 aromatic rings. The highest BCUT2D eigenvalue weighted by atomic mass is 32.2. The van der Waals surface area contributed by atoms with Crippen LogP contribution >= 0.6 is 0 Å². The largest absolute Gasteiger partial charge is 0.339 e. The van der Waals surface area contributed by atoms with Crippen molar-refractivity contribution in [2.45, 2.75) is 57.8 Å². The molecule has 0 aliphatic rings. The Labute approximate surface area is 153 Å². The Balaban J connectivity index is 2.08. The summed E-state index contributed by atoms with van der Waals surface area (Å²) in [6, 6.07) is 2.84. The number of nitrogens with one attached hydrogen (secondary N) is 1. The van der Waals surface area contributed by atoms with E-state index in [9.17, 15) is 13.2 Å². The van der Waals surface area contributed by atoms with Crippen molar-refractivity contribution in [3.05, 3.63) is 35.0 Å². The van der Waals surface area contributed by atoms with Gasteiger partial charge in [-0.3, -0.25) is 4.79 Å². The molecule has 0 unspecified atom stereocenters. The average molecular weight is 380 g/mol. The lowest BCUT2D eigenvalue weighted by Gasteiger charge is -2.12. The molecule has 0 aliphatic heterocycles. The third-order valence-corrected chi connectivity index (χ3v) is 4.84. The number of amides is 1. The van der Waals surface area contributed by atoms with Crippen molar-refractivity contribution in [3.8, 4) is 0 Å². The summed E-state index contributed by atoms with van der Waals surface area (Å²) in [6.45, 7) is 9.46. The van der Waals surface area contributed by atoms with E-state index in [0.717, 1.165) is 11.1 Å². The monoisotopic (exact) mass is 380 g/mol. The quantitative estimate of drug-likeness (QED) is 0.818. The molecule has 0 spiro atoms. The third kappa shape index (κ3) is 4.89. The summed E-state index contributed by atoms with van der Waals surface area (Å²) < 4.78 is 28.3. The van der Waals surface area contributed by atoms with E-state index in [1.54, 1.807) is 13.8 Å². The van der Waals surface area contributed by atoms with Crippen molar-refractivity contribution in [1.82, 2.24) is 10.1 Å². The molecule has 1 heterocycles. The van der Waals surface area contributed by atoms with E-state index >= 15 is 0 Å². The van der Waals surface area contributed by atoms with Crippen LogP contribution in [0.25, 0.3) is 0 Å². The maximum absolute atomic E-state index is 12.2. The maximum Gasteiger partial charge on any atom is 0.238 e. The van der Waals surface area contributed by atoms with Crippen LogP contribution in [-0.2, 0) is 26.7 Å². The van der Waals surface area contributed by atoms with Crippen LogP contribution in [0.4, 0.5) is 5.69 Å². The van der Waals surface area contributed by atoms with E-state index in [1.165, 1.54) is 12.1 Å². The van der Waals surface area contributed by atoms with Crippen LogP contribution in [-0.4, -0.2) is 24.5 Å². The van der Waals surface area contributed by atoms with Crippen LogP contribution in [0.2, 0.25) is 0 Å². The Hall–Kier alpha value is -2.26. The van der Waals surface area contributed by atoms with Crippen LogP contribution in [0.15, 0.2) is 21.6 Å². The number of anilines is 1. The van der Waals surface area contributed by atoms with Gasteiger partial charge in [-0.2, -0.15) is 4.98 Å². The highest BCUT2D eigenvalue weighted by molar-refractivity contribution is 7.89. The first-order chi connectivity index (χ1) is 11.9. The highest BCUT2D eigenvalue weighted by Crippen LogP contribution is 2.24. The van der Waals surface area contributed by atoms with Gasteiger partial charge in [-0.1, -0.05) is 25.9 Å². The molecule has 3 N–H and O–H groups in total. The molecule has 0 saturated heterocycles. The van der Waals surface area contributed by atoms with Crippen LogP contribution in [0.3, 0.4) is 0 Å². The standard InChI is InChI=1S/C17H24N4O4S/c1-10-8-12(26(18,23)24)9-13(11(10)2)19-14(22)6-7-15-20-16(21-25-15)17(3,4)5/h8-9H,6-7H2,1-5H3,(H,19,22)(H2,18,23,24). The molecule has 26 heavy (non-hydrogen) atoms. The first-order valence-electron chi connectivity index (χ1n) is 8.15. The smallest absolute Gasteiger partial charge is 0.238 e. The molecule has 1 aromatic carbocycles. The lowest BCUT2D eigenvalue weighted by molar-refractivity contribution is -0.116. The summed E-state index contributed by atoms with van der Waals surface area (Å²) in [5.74, 6) is 0.686. The molecule has 142 valence electrons. The molecule has 8 nitrogen and oxygen atoms in total. The molecule has 1 aromatic heterocycles. The van der Waals surface area contributed by atoms with E-state index in [1.807, 2.05) is 20.8 Å². The van der Waals surface area contributed by atoms with Gasteiger partial charge in [0.15, 0.2) is 5.82 Å². The predicted octanol–water partition coefficient (Wildman–Crippen LogP) is 2.20. The number of aryl methyl sites for hydroxylation is 2. The van der Waals surface area contributed by atoms with Crippen molar-refractivity contribution < 1.29 is 17.7 Å². The lowest BCUT2D eigenvalue weighted by Crippen LogP contribution is -2.17. The Kier molecular flexibility index (Phi) is 5.52. The van der Waals surface area contributed by atoms with Gasteiger partial charge in [-0.15, -0.1) is 0 Å². The fourth-order valence-electron chi connectivity index (χ4n) is 2.21. The summed E-state index contributed by atoms with van der Waals surface area (Å²) in [4.78, 5) is 16.5. The fourth-order valence-corrected chi connectivity index (χ4v) is 2.84. The zero-order valence-electron chi connectivity index (χ0n) is 15.6. The Bertz CT molecular complexity index is 927. The summed E-state index contributed by atoms with van der Waals surface area (Å²) in [5.41, 5.74) is 1.68. The van der Waals surface area contributed by atoms with Crippen LogP contribution < -0.4 is 10.5 Å². The predicted molar refractivity (Wildman–Crippen MR) is 97.2 cm³/mol. The van der Waals surface area contributed by atoms with Crippen LogP contribution in [0.1, 0.15) is 50.0 Å². The molecule has 0 fully saturated rings. The fraction of sp³-hybridized carbons (Fsp3) is 0.471. The Morgan fingerprint density at radius 1 is 1.27 bits per heavy atom. The van der Waals surface area contributed by atoms with Gasteiger partial charge in [0, 0.05) is 23.9 Å². The number of aromatic nitrogens is 2. The number of hydrogen-bond acceptors (Lipinski definition) is 6. The van der Waals surface area contributed by atoms with Gasteiger partial charge in [0.05, 0.1) is 4.90 Å². The number of nitrogens with two attached hydrogens (primary N) is 1. The van der Waals surface area contributed by atoms with Crippen molar-refractivity contribution in [2.75, 3.05) is 5.32 Å². The van der Waals surface area contributed by atoms with Crippen LogP contribution in [0, 0.1) is 13.8 Å².